The van der Waals surface area contributed by atoms with Crippen molar-refractivity contribution in [1.82, 2.24) is 4.90 Å². The van der Waals surface area contributed by atoms with Crippen LogP contribution in [0.3, 0.4) is 0 Å². The first-order valence-electron chi connectivity index (χ1n) is 6.24. The lowest BCUT2D eigenvalue weighted by molar-refractivity contribution is -0.125. The number of amides is 1. The van der Waals surface area contributed by atoms with E-state index in [1.54, 1.807) is 4.90 Å². The van der Waals surface area contributed by atoms with Crippen LogP contribution in [0.5, 0.6) is 0 Å². The molecule has 0 atom stereocenters. The van der Waals surface area contributed by atoms with Gasteiger partial charge in [-0.1, -0.05) is 37.5 Å². The quantitative estimate of drug-likeness (QED) is 0.801. The molecule has 0 saturated carbocycles. The van der Waals surface area contributed by atoms with E-state index in [2.05, 4.69) is 18.8 Å². The van der Waals surface area contributed by atoms with E-state index in [9.17, 15) is 4.79 Å². The first kappa shape index (κ1) is 14.3. The van der Waals surface area contributed by atoms with Crippen molar-refractivity contribution in [3.8, 4) is 11.8 Å². The summed E-state index contributed by atoms with van der Waals surface area (Å²) in [5.41, 5.74) is 0.824. The molecule has 0 spiro atoms. The summed E-state index contributed by atoms with van der Waals surface area (Å²) in [4.78, 5) is 13.5. The minimum Gasteiger partial charge on any atom is -0.395 e. The molecule has 0 saturated heterocycles. The third-order valence-corrected chi connectivity index (χ3v) is 2.53. The molecule has 3 heteroatoms. The Morgan fingerprint density at radius 2 is 2.00 bits per heavy atom. The molecule has 0 aliphatic heterocycles. The molecule has 1 amide bonds. The van der Waals surface area contributed by atoms with Gasteiger partial charge in [-0.3, -0.25) is 4.79 Å². The molecule has 0 heterocycles. The highest BCUT2D eigenvalue weighted by Crippen LogP contribution is 1.97. The van der Waals surface area contributed by atoms with E-state index in [1.165, 1.54) is 0 Å². The summed E-state index contributed by atoms with van der Waals surface area (Å²) >= 11 is 0. The first-order valence-corrected chi connectivity index (χ1v) is 6.24. The number of carbonyl (C=O) groups is 1. The minimum atomic E-state index is -0.221. The fourth-order valence-corrected chi connectivity index (χ4v) is 1.51. The maximum atomic E-state index is 11.9. The lowest BCUT2D eigenvalue weighted by Crippen LogP contribution is -2.33. The van der Waals surface area contributed by atoms with Gasteiger partial charge in [0.2, 0.25) is 0 Å². The molecule has 1 rings (SSSR count). The highest BCUT2D eigenvalue weighted by Gasteiger charge is 2.08. The van der Waals surface area contributed by atoms with Crippen LogP contribution >= 0.6 is 0 Å². The van der Waals surface area contributed by atoms with Gasteiger partial charge < -0.3 is 10.0 Å². The Kier molecular flexibility index (Phi) is 6.60. The van der Waals surface area contributed by atoms with Crippen LogP contribution in [0.15, 0.2) is 30.3 Å². The van der Waals surface area contributed by atoms with Crippen molar-refractivity contribution in [2.75, 3.05) is 19.7 Å². The zero-order chi connectivity index (χ0) is 13.2. The van der Waals surface area contributed by atoms with Crippen LogP contribution < -0.4 is 0 Å². The van der Waals surface area contributed by atoms with Crippen molar-refractivity contribution in [3.05, 3.63) is 35.9 Å². The molecule has 1 aromatic rings. The molecule has 1 N–H and O–H groups in total. The summed E-state index contributed by atoms with van der Waals surface area (Å²) in [7, 11) is 0. The van der Waals surface area contributed by atoms with Gasteiger partial charge in [-0.25, -0.2) is 0 Å². The summed E-state index contributed by atoms with van der Waals surface area (Å²) in [6.07, 6.45) is 1.94. The van der Waals surface area contributed by atoms with Gasteiger partial charge in [0.05, 0.1) is 6.61 Å². The Morgan fingerprint density at radius 3 is 2.61 bits per heavy atom. The van der Waals surface area contributed by atoms with Crippen LogP contribution in [0.1, 0.15) is 25.3 Å². The lowest BCUT2D eigenvalue weighted by atomic mass is 10.2. The topological polar surface area (TPSA) is 40.5 Å². The molecule has 1 aromatic carbocycles. The van der Waals surface area contributed by atoms with Gasteiger partial charge in [0, 0.05) is 24.6 Å². The zero-order valence-electron chi connectivity index (χ0n) is 10.7. The number of rotatable bonds is 5. The molecule has 0 fully saturated rings. The van der Waals surface area contributed by atoms with E-state index >= 15 is 0 Å². The standard InChI is InChI=1S/C15H19NO2/c1-2-3-11-16(12-13-17)15(18)10-9-14-7-5-4-6-8-14/h4-8,17H,2-3,11-13H2,1H3. The van der Waals surface area contributed by atoms with Crippen LogP contribution in [0.4, 0.5) is 0 Å². The second-order valence-corrected chi connectivity index (χ2v) is 3.99. The Hall–Kier alpha value is -1.79. The molecule has 18 heavy (non-hydrogen) atoms. The molecule has 0 bridgehead atoms. The molecule has 3 nitrogen and oxygen atoms in total. The maximum Gasteiger partial charge on any atom is 0.298 e. The van der Waals surface area contributed by atoms with Crippen molar-refractivity contribution in [2.24, 2.45) is 0 Å². The van der Waals surface area contributed by atoms with Crippen molar-refractivity contribution in [3.63, 3.8) is 0 Å². The average Bonchev–Trinajstić information content (AvgIpc) is 2.42. The molecule has 0 aromatic heterocycles. The van der Waals surface area contributed by atoms with Crippen LogP contribution in [0.2, 0.25) is 0 Å². The largest absolute Gasteiger partial charge is 0.395 e. The first-order chi connectivity index (χ1) is 8.77. The summed E-state index contributed by atoms with van der Waals surface area (Å²) in [6.45, 7) is 3.04. The second-order valence-electron chi connectivity index (χ2n) is 3.99. The fraction of sp³-hybridized carbons (Fsp3) is 0.400. The number of unbranched alkanes of at least 4 members (excludes halogenated alkanes) is 1. The third-order valence-electron chi connectivity index (χ3n) is 2.53. The second kappa shape index (κ2) is 8.32. The summed E-state index contributed by atoms with van der Waals surface area (Å²) in [6, 6.07) is 9.41. The molecular formula is C15H19NO2. The molecule has 0 radical (unpaired) electrons. The number of nitrogens with zero attached hydrogens (tertiary/aromatic N) is 1. The monoisotopic (exact) mass is 245 g/mol. The number of aliphatic hydroxyl groups is 1. The van der Waals surface area contributed by atoms with Gasteiger partial charge in [0.1, 0.15) is 0 Å². The van der Waals surface area contributed by atoms with E-state index in [-0.39, 0.29) is 12.5 Å². The van der Waals surface area contributed by atoms with Crippen LogP contribution in [-0.4, -0.2) is 35.6 Å². The van der Waals surface area contributed by atoms with E-state index in [0.717, 1.165) is 18.4 Å². The van der Waals surface area contributed by atoms with Gasteiger partial charge in [0.25, 0.3) is 5.91 Å². The van der Waals surface area contributed by atoms with Crippen LogP contribution in [0.25, 0.3) is 0 Å². The molecular weight excluding hydrogens is 226 g/mol. The van der Waals surface area contributed by atoms with Crippen molar-refractivity contribution in [1.29, 1.82) is 0 Å². The molecule has 0 aliphatic rings. The van der Waals surface area contributed by atoms with Gasteiger partial charge in [0.15, 0.2) is 0 Å². The number of hydrogen-bond acceptors (Lipinski definition) is 2. The van der Waals surface area contributed by atoms with E-state index in [0.29, 0.717) is 13.1 Å². The molecule has 0 unspecified atom stereocenters. The fourth-order valence-electron chi connectivity index (χ4n) is 1.51. The van der Waals surface area contributed by atoms with Crippen molar-refractivity contribution >= 4 is 5.91 Å². The Labute approximate surface area is 108 Å². The highest BCUT2D eigenvalue weighted by molar-refractivity contribution is 5.94. The predicted molar refractivity (Wildman–Crippen MR) is 71.9 cm³/mol. The average molecular weight is 245 g/mol. The number of benzene rings is 1. The number of aliphatic hydroxyl groups excluding tert-OH is 1. The molecule has 0 aliphatic carbocycles. The van der Waals surface area contributed by atoms with Crippen molar-refractivity contribution < 1.29 is 9.90 Å². The van der Waals surface area contributed by atoms with Gasteiger partial charge in [-0.15, -0.1) is 0 Å². The highest BCUT2D eigenvalue weighted by atomic mass is 16.3. The minimum absolute atomic E-state index is 0.0253. The summed E-state index contributed by atoms with van der Waals surface area (Å²) < 4.78 is 0. The summed E-state index contributed by atoms with van der Waals surface area (Å²) in [5, 5.41) is 8.93. The maximum absolute atomic E-state index is 11.9. The Bertz CT molecular complexity index is 417. The normalized spacial score (nSPS) is 9.44. The van der Waals surface area contributed by atoms with Gasteiger partial charge in [-0.05, 0) is 18.6 Å². The zero-order valence-corrected chi connectivity index (χ0v) is 10.7. The number of hydrogen-bond donors (Lipinski definition) is 1. The predicted octanol–water partition coefficient (Wildman–Crippen LogP) is 1.66. The summed E-state index contributed by atoms with van der Waals surface area (Å²) in [5.74, 6) is 5.23. The smallest absolute Gasteiger partial charge is 0.298 e. The lowest BCUT2D eigenvalue weighted by Gasteiger charge is -2.18. The van der Waals surface area contributed by atoms with Gasteiger partial charge in [-0.2, -0.15) is 0 Å². The van der Waals surface area contributed by atoms with Crippen LogP contribution in [0, 0.1) is 11.8 Å². The Morgan fingerprint density at radius 1 is 1.28 bits per heavy atom. The number of carbonyl (C=O) groups excluding carboxylic acids is 1. The van der Waals surface area contributed by atoms with E-state index in [1.807, 2.05) is 30.3 Å². The SMILES string of the molecule is CCCCN(CCO)C(=O)C#Cc1ccccc1. The van der Waals surface area contributed by atoms with Crippen molar-refractivity contribution in [2.45, 2.75) is 19.8 Å². The van der Waals surface area contributed by atoms with Crippen LogP contribution in [-0.2, 0) is 4.79 Å². The van der Waals surface area contributed by atoms with E-state index < -0.39 is 0 Å². The van der Waals surface area contributed by atoms with E-state index in [4.69, 9.17) is 5.11 Å². The molecule has 96 valence electrons. The third kappa shape index (κ3) is 5.03. The van der Waals surface area contributed by atoms with Gasteiger partial charge >= 0.3 is 0 Å². The Balaban J connectivity index is 2.63.